The average molecular weight is 403 g/mol. The number of aryl methyl sites for hydroxylation is 1. The first-order valence-electron chi connectivity index (χ1n) is 10.5. The van der Waals surface area contributed by atoms with Crippen LogP contribution in [0.3, 0.4) is 0 Å². The van der Waals surface area contributed by atoms with E-state index in [0.29, 0.717) is 6.54 Å². The van der Waals surface area contributed by atoms with E-state index in [1.54, 1.807) is 16.1 Å². The van der Waals surface area contributed by atoms with Gasteiger partial charge in [0.05, 0.1) is 26.4 Å². The fourth-order valence-electron chi connectivity index (χ4n) is 3.79. The molecule has 2 heterocycles. The minimum Gasteiger partial charge on any atom is -0.467 e. The van der Waals surface area contributed by atoms with Crippen molar-refractivity contribution >= 4 is 23.0 Å². The quantitative estimate of drug-likeness (QED) is 0.572. The number of furan rings is 1. The summed E-state index contributed by atoms with van der Waals surface area (Å²) < 4.78 is 5.58. The lowest BCUT2D eigenvalue weighted by Gasteiger charge is -2.29. The summed E-state index contributed by atoms with van der Waals surface area (Å²) in [5.74, 6) is 0.948. The fraction of sp³-hybridized carbons (Fsp3) is 0.500. The summed E-state index contributed by atoms with van der Waals surface area (Å²) in [5, 5.41) is 4.25. The minimum atomic E-state index is 0.704. The summed E-state index contributed by atoms with van der Waals surface area (Å²) in [6, 6.07) is 12.3. The number of nitrogens with one attached hydrogen (secondary N) is 3. The number of anilines is 1. The molecule has 28 heavy (non-hydrogen) atoms. The van der Waals surface area contributed by atoms with Gasteiger partial charge in [-0.05, 0) is 42.4 Å². The molecule has 0 bridgehead atoms. The number of hydrogen-bond donors (Lipinski definition) is 3. The van der Waals surface area contributed by atoms with Crippen LogP contribution in [0.25, 0.3) is 0 Å². The van der Waals surface area contributed by atoms with E-state index in [0.717, 1.165) is 35.9 Å². The molecule has 0 amide bonds. The number of benzene rings is 1. The molecule has 6 heteroatoms. The van der Waals surface area contributed by atoms with Gasteiger partial charge in [0.15, 0.2) is 5.11 Å². The van der Waals surface area contributed by atoms with Gasteiger partial charge in [0.1, 0.15) is 31.9 Å². The van der Waals surface area contributed by atoms with Crippen molar-refractivity contribution < 1.29 is 14.2 Å². The van der Waals surface area contributed by atoms with Crippen LogP contribution in [0.2, 0.25) is 0 Å². The Hall–Kier alpha value is -1.89. The number of likely N-dealkylation sites (N-methyl/N-ethyl adjacent to an activating group) is 1. The van der Waals surface area contributed by atoms with Crippen LogP contribution in [-0.4, -0.2) is 56.3 Å². The Balaban J connectivity index is 1.58. The maximum absolute atomic E-state index is 5.79. The van der Waals surface area contributed by atoms with E-state index in [-0.39, 0.29) is 0 Å². The third-order valence-corrected chi connectivity index (χ3v) is 5.98. The molecule has 2 aromatic rings. The zero-order valence-corrected chi connectivity index (χ0v) is 18.0. The number of quaternary nitrogens is 2. The van der Waals surface area contributed by atoms with Gasteiger partial charge in [-0.2, -0.15) is 0 Å². The third-order valence-electron chi connectivity index (χ3n) is 5.62. The smallest absolute Gasteiger partial charge is 0.173 e. The van der Waals surface area contributed by atoms with E-state index < -0.39 is 0 Å². The molecule has 1 aliphatic heterocycles. The second-order valence-electron chi connectivity index (χ2n) is 7.75. The lowest BCUT2D eigenvalue weighted by molar-refractivity contribution is -1.00. The maximum atomic E-state index is 5.79. The number of hydrogen-bond acceptors (Lipinski definition) is 2. The lowest BCUT2D eigenvalue weighted by atomic mass is 10.1. The largest absolute Gasteiger partial charge is 0.467 e. The van der Waals surface area contributed by atoms with Crippen molar-refractivity contribution in [2.75, 3.05) is 51.6 Å². The summed E-state index contributed by atoms with van der Waals surface area (Å²) >= 11 is 5.79. The average Bonchev–Trinajstić information content (AvgIpc) is 3.22. The molecule has 0 aliphatic carbocycles. The van der Waals surface area contributed by atoms with Gasteiger partial charge in [-0.3, -0.25) is 0 Å². The molecule has 3 N–H and O–H groups in total. The molecule has 1 saturated heterocycles. The zero-order valence-electron chi connectivity index (χ0n) is 17.2. The standard InChI is InChI=1S/C22H32N4OS/c1-3-19-8-4-5-10-21(19)23-22(28)26(18-20-9-6-17-27-20)12-7-11-25-15-13-24(2)14-16-25/h4-6,8-10,17H,3,7,11-16,18H2,1-2H3,(H,23,28)/p+2. The maximum Gasteiger partial charge on any atom is 0.173 e. The highest BCUT2D eigenvalue weighted by Crippen LogP contribution is 2.17. The molecule has 1 aromatic carbocycles. The van der Waals surface area contributed by atoms with Gasteiger partial charge < -0.3 is 24.4 Å². The van der Waals surface area contributed by atoms with Crippen molar-refractivity contribution in [3.05, 3.63) is 54.0 Å². The van der Waals surface area contributed by atoms with Gasteiger partial charge in [0.2, 0.25) is 0 Å². The molecule has 0 unspecified atom stereocenters. The van der Waals surface area contributed by atoms with Crippen molar-refractivity contribution in [3.63, 3.8) is 0 Å². The van der Waals surface area contributed by atoms with Crippen molar-refractivity contribution in [1.29, 1.82) is 0 Å². The van der Waals surface area contributed by atoms with Crippen LogP contribution in [0.4, 0.5) is 5.69 Å². The predicted molar refractivity (Wildman–Crippen MR) is 118 cm³/mol. The van der Waals surface area contributed by atoms with Crippen LogP contribution in [0.15, 0.2) is 47.1 Å². The number of thiocarbonyl (C=S) groups is 1. The first-order valence-corrected chi connectivity index (χ1v) is 10.9. The number of piperazine rings is 1. The van der Waals surface area contributed by atoms with E-state index in [2.05, 4.69) is 48.5 Å². The Bertz CT molecular complexity index is 726. The third kappa shape index (κ3) is 6.06. The zero-order chi connectivity index (χ0) is 19.8. The van der Waals surface area contributed by atoms with Gasteiger partial charge in [0, 0.05) is 18.7 Å². The molecule has 5 nitrogen and oxygen atoms in total. The second kappa shape index (κ2) is 10.6. The van der Waals surface area contributed by atoms with Gasteiger partial charge in [-0.15, -0.1) is 0 Å². The van der Waals surface area contributed by atoms with Crippen molar-refractivity contribution in [3.8, 4) is 0 Å². The first-order chi connectivity index (χ1) is 13.7. The van der Waals surface area contributed by atoms with Gasteiger partial charge >= 0.3 is 0 Å². The van der Waals surface area contributed by atoms with E-state index >= 15 is 0 Å². The number of para-hydroxylation sites is 1. The second-order valence-corrected chi connectivity index (χ2v) is 8.14. The Morgan fingerprint density at radius 2 is 1.93 bits per heavy atom. The molecule has 1 aromatic heterocycles. The van der Waals surface area contributed by atoms with Crippen LogP contribution < -0.4 is 15.1 Å². The summed E-state index contributed by atoms with van der Waals surface area (Å²) in [5.41, 5.74) is 2.39. The number of rotatable bonds is 8. The van der Waals surface area contributed by atoms with E-state index in [1.807, 2.05) is 12.1 Å². The van der Waals surface area contributed by atoms with E-state index in [9.17, 15) is 0 Å². The first kappa shape index (κ1) is 20.8. The number of nitrogens with zero attached hydrogens (tertiary/aromatic N) is 1. The highest BCUT2D eigenvalue weighted by molar-refractivity contribution is 7.80. The highest BCUT2D eigenvalue weighted by atomic mass is 32.1. The monoisotopic (exact) mass is 402 g/mol. The van der Waals surface area contributed by atoms with Crippen LogP contribution >= 0.6 is 12.2 Å². The van der Waals surface area contributed by atoms with Gasteiger partial charge in [-0.25, -0.2) is 0 Å². The van der Waals surface area contributed by atoms with Crippen molar-refractivity contribution in [1.82, 2.24) is 4.90 Å². The minimum absolute atomic E-state index is 0.704. The lowest BCUT2D eigenvalue weighted by Crippen LogP contribution is -3.27. The molecule has 1 aliphatic rings. The van der Waals surface area contributed by atoms with Crippen LogP contribution in [0.5, 0.6) is 0 Å². The molecule has 152 valence electrons. The summed E-state index contributed by atoms with van der Waals surface area (Å²) in [4.78, 5) is 5.61. The topological polar surface area (TPSA) is 37.3 Å². The van der Waals surface area contributed by atoms with Crippen LogP contribution in [0.1, 0.15) is 24.7 Å². The van der Waals surface area contributed by atoms with Gasteiger partial charge in [-0.1, -0.05) is 25.1 Å². The molecule has 0 atom stereocenters. The summed E-state index contributed by atoms with van der Waals surface area (Å²) in [6.07, 6.45) is 3.85. The van der Waals surface area contributed by atoms with E-state index in [4.69, 9.17) is 16.6 Å². The van der Waals surface area contributed by atoms with Crippen molar-refractivity contribution in [2.24, 2.45) is 0 Å². The molecule has 0 radical (unpaired) electrons. The predicted octanol–water partition coefficient (Wildman–Crippen LogP) is 0.844. The van der Waals surface area contributed by atoms with Gasteiger partial charge in [0.25, 0.3) is 0 Å². The summed E-state index contributed by atoms with van der Waals surface area (Å²) in [7, 11) is 2.29. The Morgan fingerprint density at radius 1 is 1.14 bits per heavy atom. The van der Waals surface area contributed by atoms with Crippen LogP contribution in [0, 0.1) is 0 Å². The summed E-state index contributed by atoms with van der Waals surface area (Å²) in [6.45, 7) is 10.1. The highest BCUT2D eigenvalue weighted by Gasteiger charge is 2.20. The Kier molecular flexibility index (Phi) is 7.89. The van der Waals surface area contributed by atoms with Crippen LogP contribution in [-0.2, 0) is 13.0 Å². The molecule has 0 spiro atoms. The molecule has 1 fully saturated rings. The van der Waals surface area contributed by atoms with Crippen molar-refractivity contribution in [2.45, 2.75) is 26.3 Å². The Morgan fingerprint density at radius 3 is 2.64 bits per heavy atom. The molecule has 0 saturated carbocycles. The Labute approximate surface area is 174 Å². The van der Waals surface area contributed by atoms with E-state index in [1.165, 1.54) is 38.3 Å². The fourth-order valence-corrected chi connectivity index (χ4v) is 4.05. The molecular weight excluding hydrogens is 368 g/mol. The normalized spacial score (nSPS) is 19.4. The molecular formula is C22H34N4OS+2. The molecule has 3 rings (SSSR count). The SMILES string of the molecule is CCc1ccccc1NC(=S)N(CCC[NH+]1CC[NH+](C)CC1)Cc1ccco1.